The molecule has 1 aliphatic heterocycles. The van der Waals surface area contributed by atoms with Crippen LogP contribution in [0.25, 0.3) is 0 Å². The standard InChI is InChI=1S/C28H30FN3O2/c1-22-7-11-25(12-8-22)28(34)32(21-23-9-13-26(29)14-10-23)20-17-30-15-18-31(19-16-30)27(33)24-5-3-2-4-6-24/h2-14H,15-21H2,1H3. The first-order chi connectivity index (χ1) is 16.5. The van der Waals surface area contributed by atoms with Crippen molar-refractivity contribution in [2.45, 2.75) is 13.5 Å². The van der Waals surface area contributed by atoms with E-state index >= 15 is 0 Å². The van der Waals surface area contributed by atoms with Gasteiger partial charge in [0.1, 0.15) is 5.82 Å². The summed E-state index contributed by atoms with van der Waals surface area (Å²) >= 11 is 0. The van der Waals surface area contributed by atoms with Crippen LogP contribution in [0.1, 0.15) is 31.8 Å². The number of aryl methyl sites for hydroxylation is 1. The summed E-state index contributed by atoms with van der Waals surface area (Å²) in [5, 5.41) is 0. The molecule has 2 amide bonds. The Balaban J connectivity index is 1.37. The van der Waals surface area contributed by atoms with E-state index in [1.54, 1.807) is 12.1 Å². The van der Waals surface area contributed by atoms with Crippen molar-refractivity contribution in [3.8, 4) is 0 Å². The molecule has 3 aromatic rings. The molecule has 0 aromatic heterocycles. The first-order valence-electron chi connectivity index (χ1n) is 11.7. The minimum Gasteiger partial charge on any atom is -0.336 e. The van der Waals surface area contributed by atoms with Crippen LogP contribution >= 0.6 is 0 Å². The summed E-state index contributed by atoms with van der Waals surface area (Å²) in [6.07, 6.45) is 0. The van der Waals surface area contributed by atoms with Gasteiger partial charge >= 0.3 is 0 Å². The van der Waals surface area contributed by atoms with Crippen molar-refractivity contribution in [2.75, 3.05) is 39.3 Å². The second-order valence-electron chi connectivity index (χ2n) is 8.72. The number of hydrogen-bond donors (Lipinski definition) is 0. The van der Waals surface area contributed by atoms with Gasteiger partial charge in [-0.1, -0.05) is 48.0 Å². The maximum atomic E-state index is 13.4. The first-order valence-corrected chi connectivity index (χ1v) is 11.7. The van der Waals surface area contributed by atoms with Crippen LogP contribution in [0, 0.1) is 12.7 Å². The maximum absolute atomic E-state index is 13.4. The number of benzene rings is 3. The second kappa shape index (κ2) is 11.1. The minimum absolute atomic E-state index is 0.0396. The van der Waals surface area contributed by atoms with Crippen molar-refractivity contribution in [3.63, 3.8) is 0 Å². The van der Waals surface area contributed by atoms with E-state index in [2.05, 4.69) is 4.90 Å². The van der Waals surface area contributed by atoms with Gasteiger partial charge in [0.2, 0.25) is 0 Å². The summed E-state index contributed by atoms with van der Waals surface area (Å²) in [5.41, 5.74) is 3.35. The van der Waals surface area contributed by atoms with Crippen LogP contribution in [0.3, 0.4) is 0 Å². The van der Waals surface area contributed by atoms with Gasteiger partial charge in [-0.3, -0.25) is 14.5 Å². The highest BCUT2D eigenvalue weighted by Crippen LogP contribution is 2.14. The molecule has 4 rings (SSSR count). The number of rotatable bonds is 7. The number of amides is 2. The van der Waals surface area contributed by atoms with Crippen molar-refractivity contribution < 1.29 is 14.0 Å². The molecule has 0 unspecified atom stereocenters. The average Bonchev–Trinajstić information content (AvgIpc) is 2.88. The molecule has 0 aliphatic carbocycles. The molecule has 0 N–H and O–H groups in total. The van der Waals surface area contributed by atoms with Gasteiger partial charge in [0, 0.05) is 56.9 Å². The van der Waals surface area contributed by atoms with Crippen LogP contribution in [0.5, 0.6) is 0 Å². The van der Waals surface area contributed by atoms with Crippen LogP contribution in [0.4, 0.5) is 4.39 Å². The van der Waals surface area contributed by atoms with Crippen LogP contribution in [-0.4, -0.2) is 65.8 Å². The number of carbonyl (C=O) groups is 2. The van der Waals surface area contributed by atoms with Gasteiger partial charge in [-0.2, -0.15) is 0 Å². The fraction of sp³-hybridized carbons (Fsp3) is 0.286. The van der Waals surface area contributed by atoms with E-state index in [9.17, 15) is 14.0 Å². The third-order valence-electron chi connectivity index (χ3n) is 6.24. The fourth-order valence-electron chi connectivity index (χ4n) is 4.14. The zero-order valence-electron chi connectivity index (χ0n) is 19.5. The quantitative estimate of drug-likeness (QED) is 0.531. The highest BCUT2D eigenvalue weighted by atomic mass is 19.1. The Labute approximate surface area is 200 Å². The molecule has 0 saturated carbocycles. The Hall–Kier alpha value is -3.51. The minimum atomic E-state index is -0.289. The SMILES string of the molecule is Cc1ccc(C(=O)N(CCN2CCN(C(=O)c3ccccc3)CC2)Cc2ccc(F)cc2)cc1. The maximum Gasteiger partial charge on any atom is 0.254 e. The van der Waals surface area contributed by atoms with Crippen LogP contribution in [-0.2, 0) is 6.54 Å². The Morgan fingerprint density at radius 2 is 1.47 bits per heavy atom. The van der Waals surface area contributed by atoms with E-state index in [1.807, 2.05) is 71.3 Å². The summed E-state index contributed by atoms with van der Waals surface area (Å²) in [7, 11) is 0. The van der Waals surface area contributed by atoms with E-state index in [4.69, 9.17) is 0 Å². The van der Waals surface area contributed by atoms with Gasteiger partial charge in [0.15, 0.2) is 0 Å². The monoisotopic (exact) mass is 459 g/mol. The number of halogens is 1. The number of carbonyl (C=O) groups excluding carboxylic acids is 2. The number of hydrogen-bond acceptors (Lipinski definition) is 3. The zero-order chi connectivity index (χ0) is 23.9. The topological polar surface area (TPSA) is 43.9 Å². The number of piperazine rings is 1. The fourth-order valence-corrected chi connectivity index (χ4v) is 4.14. The second-order valence-corrected chi connectivity index (χ2v) is 8.72. The predicted octanol–water partition coefficient (Wildman–Crippen LogP) is 4.23. The molecular formula is C28H30FN3O2. The first kappa shape index (κ1) is 23.6. The summed E-state index contributed by atoms with van der Waals surface area (Å²) in [4.78, 5) is 32.0. The van der Waals surface area contributed by atoms with Crippen LogP contribution in [0.2, 0.25) is 0 Å². The highest BCUT2D eigenvalue weighted by molar-refractivity contribution is 5.94. The third-order valence-corrected chi connectivity index (χ3v) is 6.24. The molecule has 1 saturated heterocycles. The largest absolute Gasteiger partial charge is 0.336 e. The Bertz CT molecular complexity index is 1090. The Morgan fingerprint density at radius 3 is 2.12 bits per heavy atom. The smallest absolute Gasteiger partial charge is 0.254 e. The predicted molar refractivity (Wildman–Crippen MR) is 131 cm³/mol. The van der Waals surface area contributed by atoms with Crippen molar-refractivity contribution in [1.29, 1.82) is 0 Å². The zero-order valence-corrected chi connectivity index (χ0v) is 19.5. The lowest BCUT2D eigenvalue weighted by Gasteiger charge is -2.36. The number of nitrogens with zero attached hydrogens (tertiary/aromatic N) is 3. The van der Waals surface area contributed by atoms with E-state index in [0.29, 0.717) is 43.9 Å². The molecule has 3 aromatic carbocycles. The summed E-state index contributed by atoms with van der Waals surface area (Å²) in [6.45, 7) is 6.54. The van der Waals surface area contributed by atoms with Crippen molar-refractivity contribution in [3.05, 3.63) is 107 Å². The molecule has 5 nitrogen and oxygen atoms in total. The lowest BCUT2D eigenvalue weighted by Crippen LogP contribution is -2.50. The van der Waals surface area contributed by atoms with Crippen LogP contribution < -0.4 is 0 Å². The molecular weight excluding hydrogens is 429 g/mol. The highest BCUT2D eigenvalue weighted by Gasteiger charge is 2.23. The molecule has 1 fully saturated rings. The molecule has 1 heterocycles. The summed E-state index contributed by atoms with van der Waals surface area (Å²) in [5.74, 6) is -0.266. The lowest BCUT2D eigenvalue weighted by atomic mass is 10.1. The lowest BCUT2D eigenvalue weighted by molar-refractivity contribution is 0.0598. The Morgan fingerprint density at radius 1 is 0.824 bits per heavy atom. The molecule has 176 valence electrons. The molecule has 0 bridgehead atoms. The van der Waals surface area contributed by atoms with Gasteiger partial charge in [-0.05, 0) is 48.9 Å². The normalized spacial score (nSPS) is 14.1. The molecule has 1 aliphatic rings. The van der Waals surface area contributed by atoms with E-state index < -0.39 is 0 Å². The van der Waals surface area contributed by atoms with Gasteiger partial charge in [0.05, 0.1) is 0 Å². The molecule has 0 radical (unpaired) electrons. The molecule has 6 heteroatoms. The van der Waals surface area contributed by atoms with Gasteiger partial charge < -0.3 is 9.80 Å². The van der Waals surface area contributed by atoms with Gasteiger partial charge in [-0.15, -0.1) is 0 Å². The molecule has 0 spiro atoms. The average molecular weight is 460 g/mol. The van der Waals surface area contributed by atoms with E-state index in [1.165, 1.54) is 12.1 Å². The van der Waals surface area contributed by atoms with Crippen molar-refractivity contribution in [1.82, 2.24) is 14.7 Å². The van der Waals surface area contributed by atoms with Crippen molar-refractivity contribution >= 4 is 11.8 Å². The molecule has 0 atom stereocenters. The Kier molecular flexibility index (Phi) is 7.70. The summed E-state index contributed by atoms with van der Waals surface area (Å²) in [6, 6.07) is 23.2. The van der Waals surface area contributed by atoms with Crippen LogP contribution in [0.15, 0.2) is 78.9 Å². The molecule has 34 heavy (non-hydrogen) atoms. The third kappa shape index (κ3) is 6.08. The summed E-state index contributed by atoms with van der Waals surface area (Å²) < 4.78 is 13.4. The van der Waals surface area contributed by atoms with E-state index in [-0.39, 0.29) is 17.6 Å². The van der Waals surface area contributed by atoms with Crippen molar-refractivity contribution in [2.24, 2.45) is 0 Å². The van der Waals surface area contributed by atoms with Gasteiger partial charge in [0.25, 0.3) is 11.8 Å². The van der Waals surface area contributed by atoms with Gasteiger partial charge in [-0.25, -0.2) is 4.39 Å². The van der Waals surface area contributed by atoms with E-state index in [0.717, 1.165) is 24.2 Å².